The molecule has 0 spiro atoms. The Morgan fingerprint density at radius 3 is 2.64 bits per heavy atom. The third-order valence-electron chi connectivity index (χ3n) is 4.82. The minimum atomic E-state index is 0.0122. The fourth-order valence-electron chi connectivity index (χ4n) is 3.32. The maximum atomic E-state index is 12.6. The summed E-state index contributed by atoms with van der Waals surface area (Å²) in [5.41, 5.74) is 3.61. The average molecular weight is 343 g/mol. The lowest BCUT2D eigenvalue weighted by Crippen LogP contribution is -2.38. The molecule has 0 bridgehead atoms. The van der Waals surface area contributed by atoms with Crippen LogP contribution in [0.4, 0.5) is 0 Å². The maximum Gasteiger partial charge on any atom is 0.274 e. The standard InChI is InChI=1S/C18H25N5O2/c1-12-9-16(21-22(12)3)18(24)23-7-5-14(6-8-23)17-15(11-25-4)10-19-13(2)20-17/h9-10,14H,5-8,11H2,1-4H3. The monoisotopic (exact) mass is 343 g/mol. The number of carbonyl (C=O) groups excluding carboxylic acids is 1. The summed E-state index contributed by atoms with van der Waals surface area (Å²) in [6.45, 7) is 5.80. The molecule has 0 atom stereocenters. The van der Waals surface area contributed by atoms with E-state index in [1.165, 1.54) is 0 Å². The Morgan fingerprint density at radius 2 is 2.04 bits per heavy atom. The van der Waals surface area contributed by atoms with Gasteiger partial charge in [0.2, 0.25) is 0 Å². The molecule has 0 unspecified atom stereocenters. The van der Waals surface area contributed by atoms with Crippen LogP contribution in [0.2, 0.25) is 0 Å². The number of ether oxygens (including phenoxy) is 1. The minimum Gasteiger partial charge on any atom is -0.380 e. The Labute approximate surface area is 148 Å². The SMILES string of the molecule is COCc1cnc(C)nc1C1CCN(C(=O)c2cc(C)n(C)n2)CC1. The van der Waals surface area contributed by atoms with Gasteiger partial charge in [-0.3, -0.25) is 9.48 Å². The highest BCUT2D eigenvalue weighted by Crippen LogP contribution is 2.29. The van der Waals surface area contributed by atoms with Gasteiger partial charge in [0.1, 0.15) is 5.82 Å². The summed E-state index contributed by atoms with van der Waals surface area (Å²) in [5, 5.41) is 4.30. The van der Waals surface area contributed by atoms with E-state index in [1.54, 1.807) is 11.8 Å². The van der Waals surface area contributed by atoms with Crippen molar-refractivity contribution in [2.24, 2.45) is 7.05 Å². The van der Waals surface area contributed by atoms with Gasteiger partial charge in [-0.05, 0) is 32.8 Å². The molecule has 7 heteroatoms. The van der Waals surface area contributed by atoms with E-state index in [-0.39, 0.29) is 5.91 Å². The van der Waals surface area contributed by atoms with Gasteiger partial charge in [-0.1, -0.05) is 0 Å². The number of hydrogen-bond acceptors (Lipinski definition) is 5. The smallest absolute Gasteiger partial charge is 0.274 e. The van der Waals surface area contributed by atoms with Crippen LogP contribution in [0.5, 0.6) is 0 Å². The second-order valence-electron chi connectivity index (χ2n) is 6.62. The molecular weight excluding hydrogens is 318 g/mol. The van der Waals surface area contributed by atoms with Crippen molar-refractivity contribution in [1.82, 2.24) is 24.6 Å². The van der Waals surface area contributed by atoms with Crippen LogP contribution in [0, 0.1) is 13.8 Å². The number of carbonyl (C=O) groups is 1. The van der Waals surface area contributed by atoms with Crippen LogP contribution in [0.15, 0.2) is 12.3 Å². The summed E-state index contributed by atoms with van der Waals surface area (Å²) in [5.74, 6) is 1.12. The molecule has 1 aliphatic rings. The third-order valence-corrected chi connectivity index (χ3v) is 4.82. The van der Waals surface area contributed by atoms with E-state index in [4.69, 9.17) is 4.74 Å². The Bertz CT molecular complexity index is 743. The molecule has 0 N–H and O–H groups in total. The third kappa shape index (κ3) is 3.71. The highest BCUT2D eigenvalue weighted by Gasteiger charge is 2.28. The number of aromatic nitrogens is 4. The molecule has 1 fully saturated rings. The molecule has 7 nitrogen and oxygen atoms in total. The molecule has 2 aromatic rings. The number of likely N-dealkylation sites (tertiary alicyclic amines) is 1. The summed E-state index contributed by atoms with van der Waals surface area (Å²) in [6.07, 6.45) is 3.64. The first kappa shape index (κ1) is 17.5. The predicted molar refractivity (Wildman–Crippen MR) is 93.3 cm³/mol. The van der Waals surface area contributed by atoms with Crippen molar-refractivity contribution in [1.29, 1.82) is 0 Å². The molecule has 1 amide bonds. The first-order valence-corrected chi connectivity index (χ1v) is 8.61. The first-order valence-electron chi connectivity index (χ1n) is 8.61. The lowest BCUT2D eigenvalue weighted by Gasteiger charge is -2.32. The van der Waals surface area contributed by atoms with E-state index >= 15 is 0 Å². The Hall–Kier alpha value is -2.28. The number of amides is 1. The number of nitrogens with zero attached hydrogens (tertiary/aromatic N) is 5. The van der Waals surface area contributed by atoms with E-state index < -0.39 is 0 Å². The number of rotatable bonds is 4. The highest BCUT2D eigenvalue weighted by atomic mass is 16.5. The van der Waals surface area contributed by atoms with Gasteiger partial charge < -0.3 is 9.64 Å². The lowest BCUT2D eigenvalue weighted by molar-refractivity contribution is 0.0704. The van der Waals surface area contributed by atoms with Crippen molar-refractivity contribution in [3.05, 3.63) is 40.7 Å². The first-order chi connectivity index (χ1) is 12.0. The van der Waals surface area contributed by atoms with Crippen molar-refractivity contribution < 1.29 is 9.53 Å². The van der Waals surface area contributed by atoms with Crippen LogP contribution in [0.1, 0.15) is 52.0 Å². The molecule has 134 valence electrons. The fraction of sp³-hybridized carbons (Fsp3) is 0.556. The minimum absolute atomic E-state index is 0.0122. The van der Waals surface area contributed by atoms with Crippen LogP contribution >= 0.6 is 0 Å². The molecule has 1 aliphatic heterocycles. The van der Waals surface area contributed by atoms with Gasteiger partial charge in [0.15, 0.2) is 5.69 Å². The van der Waals surface area contributed by atoms with Crippen molar-refractivity contribution in [2.45, 2.75) is 39.2 Å². The van der Waals surface area contributed by atoms with E-state index in [9.17, 15) is 4.79 Å². The molecule has 0 aliphatic carbocycles. The summed E-state index contributed by atoms with van der Waals surface area (Å²) in [7, 11) is 3.53. The molecule has 3 heterocycles. The van der Waals surface area contributed by atoms with E-state index in [1.807, 2.05) is 38.1 Å². The zero-order valence-corrected chi connectivity index (χ0v) is 15.3. The number of methoxy groups -OCH3 is 1. The van der Waals surface area contributed by atoms with Crippen LogP contribution < -0.4 is 0 Å². The molecular formula is C18H25N5O2. The zero-order valence-electron chi connectivity index (χ0n) is 15.3. The predicted octanol–water partition coefficient (Wildman–Crippen LogP) is 1.99. The normalized spacial score (nSPS) is 15.6. The van der Waals surface area contributed by atoms with E-state index in [2.05, 4.69) is 15.1 Å². The highest BCUT2D eigenvalue weighted by molar-refractivity contribution is 5.92. The Morgan fingerprint density at radius 1 is 1.32 bits per heavy atom. The Kier molecular flexibility index (Phi) is 5.13. The van der Waals surface area contributed by atoms with Crippen LogP contribution in [0.25, 0.3) is 0 Å². The molecule has 3 rings (SSSR count). The maximum absolute atomic E-state index is 12.6. The van der Waals surface area contributed by atoms with Crippen molar-refractivity contribution in [3.63, 3.8) is 0 Å². The van der Waals surface area contributed by atoms with Gasteiger partial charge in [0, 0.05) is 50.6 Å². The average Bonchev–Trinajstić information content (AvgIpc) is 2.95. The van der Waals surface area contributed by atoms with Gasteiger partial charge in [0.25, 0.3) is 5.91 Å². The van der Waals surface area contributed by atoms with Gasteiger partial charge in [0.05, 0.1) is 12.3 Å². The van der Waals surface area contributed by atoms with E-state index in [0.29, 0.717) is 31.3 Å². The van der Waals surface area contributed by atoms with Crippen molar-refractivity contribution in [2.75, 3.05) is 20.2 Å². The molecule has 0 aromatic carbocycles. The summed E-state index contributed by atoms with van der Waals surface area (Å²) in [6, 6.07) is 1.85. The van der Waals surface area contributed by atoms with E-state index in [0.717, 1.165) is 35.6 Å². The molecule has 0 saturated carbocycles. The van der Waals surface area contributed by atoms with Gasteiger partial charge in [-0.2, -0.15) is 5.10 Å². The van der Waals surface area contributed by atoms with Gasteiger partial charge in [-0.25, -0.2) is 9.97 Å². The topological polar surface area (TPSA) is 73.1 Å². The summed E-state index contributed by atoms with van der Waals surface area (Å²) >= 11 is 0. The second kappa shape index (κ2) is 7.31. The van der Waals surface area contributed by atoms with Crippen LogP contribution in [-0.2, 0) is 18.4 Å². The zero-order chi connectivity index (χ0) is 18.0. The lowest BCUT2D eigenvalue weighted by atomic mass is 9.90. The molecule has 0 radical (unpaired) electrons. The quantitative estimate of drug-likeness (QED) is 0.849. The fourth-order valence-corrected chi connectivity index (χ4v) is 3.32. The largest absolute Gasteiger partial charge is 0.380 e. The Balaban J connectivity index is 1.69. The second-order valence-corrected chi connectivity index (χ2v) is 6.62. The number of hydrogen-bond donors (Lipinski definition) is 0. The van der Waals surface area contributed by atoms with Gasteiger partial charge in [-0.15, -0.1) is 0 Å². The molecule has 2 aromatic heterocycles. The summed E-state index contributed by atoms with van der Waals surface area (Å²) < 4.78 is 7.01. The van der Waals surface area contributed by atoms with Crippen molar-refractivity contribution in [3.8, 4) is 0 Å². The number of aryl methyl sites for hydroxylation is 3. The molecule has 1 saturated heterocycles. The number of piperidine rings is 1. The van der Waals surface area contributed by atoms with Crippen LogP contribution in [0.3, 0.4) is 0 Å². The van der Waals surface area contributed by atoms with Crippen molar-refractivity contribution >= 4 is 5.91 Å². The molecule has 25 heavy (non-hydrogen) atoms. The summed E-state index contributed by atoms with van der Waals surface area (Å²) in [4.78, 5) is 23.5. The van der Waals surface area contributed by atoms with Gasteiger partial charge >= 0.3 is 0 Å². The van der Waals surface area contributed by atoms with Crippen LogP contribution in [-0.4, -0.2) is 50.8 Å².